The van der Waals surface area contributed by atoms with Crippen LogP contribution in [0.3, 0.4) is 0 Å². The monoisotopic (exact) mass is 499 g/mol. The van der Waals surface area contributed by atoms with E-state index in [1.807, 2.05) is 37.9 Å². The van der Waals surface area contributed by atoms with E-state index in [2.05, 4.69) is 17.1 Å². The Kier molecular flexibility index (Phi) is 8.54. The third-order valence-electron chi connectivity index (χ3n) is 7.39. The number of carbonyl (C=O) groups is 2. The van der Waals surface area contributed by atoms with Gasteiger partial charge in [0.2, 0.25) is 11.8 Å². The van der Waals surface area contributed by atoms with Crippen molar-refractivity contribution in [1.82, 2.24) is 14.8 Å². The highest BCUT2D eigenvalue weighted by Crippen LogP contribution is 2.32. The lowest BCUT2D eigenvalue weighted by Gasteiger charge is -2.33. The summed E-state index contributed by atoms with van der Waals surface area (Å²) in [4.78, 5) is 33.3. The molecular formula is C28H41N3O5. The standard InChI is InChI=1S/C28H41N3O5/c1-28(2,3)36-27(33)30-14-11-20(12-15-30)19-35-25-10-9-23(17-29-25)21-5-7-22(8-6-21)26(32)31-16-13-24(18-31)34-4/h5,9-10,17,20,22,24H,6-8,11-16,18-19H2,1-4H3/t22?,24-/m0/s1. The zero-order valence-corrected chi connectivity index (χ0v) is 22.2. The van der Waals surface area contributed by atoms with E-state index in [1.54, 1.807) is 12.0 Å². The third-order valence-corrected chi connectivity index (χ3v) is 7.39. The molecule has 8 nitrogen and oxygen atoms in total. The second-order valence-electron chi connectivity index (χ2n) is 11.2. The van der Waals surface area contributed by atoms with Crippen LogP contribution in [0, 0.1) is 11.8 Å². The molecular weight excluding hydrogens is 458 g/mol. The summed E-state index contributed by atoms with van der Waals surface area (Å²) in [6.45, 7) is 9.17. The minimum atomic E-state index is -0.469. The molecule has 2 aliphatic heterocycles. The Morgan fingerprint density at radius 3 is 2.39 bits per heavy atom. The third kappa shape index (κ3) is 6.99. The van der Waals surface area contributed by atoms with Gasteiger partial charge in [0, 0.05) is 51.5 Å². The number of rotatable bonds is 6. The van der Waals surface area contributed by atoms with Gasteiger partial charge in [-0.2, -0.15) is 0 Å². The molecule has 3 aliphatic rings. The molecule has 1 aromatic rings. The van der Waals surface area contributed by atoms with E-state index in [9.17, 15) is 9.59 Å². The lowest BCUT2D eigenvalue weighted by atomic mass is 9.86. The van der Waals surface area contributed by atoms with Crippen LogP contribution in [0.4, 0.5) is 4.79 Å². The Balaban J connectivity index is 1.20. The molecule has 0 saturated carbocycles. The number of methoxy groups -OCH3 is 1. The second kappa shape index (κ2) is 11.6. The topological polar surface area (TPSA) is 81.2 Å². The summed E-state index contributed by atoms with van der Waals surface area (Å²) in [5.74, 6) is 1.36. The highest BCUT2D eigenvalue weighted by atomic mass is 16.6. The normalized spacial score (nSPS) is 23.4. The average Bonchev–Trinajstić information content (AvgIpc) is 3.36. The smallest absolute Gasteiger partial charge is 0.410 e. The van der Waals surface area contributed by atoms with Gasteiger partial charge in [0.05, 0.1) is 12.7 Å². The van der Waals surface area contributed by atoms with Crippen molar-refractivity contribution in [2.24, 2.45) is 11.8 Å². The number of carbonyl (C=O) groups excluding carboxylic acids is 2. The number of amides is 2. The Bertz CT molecular complexity index is 931. The zero-order chi connectivity index (χ0) is 25.7. The molecule has 0 aromatic carbocycles. The van der Waals surface area contributed by atoms with Gasteiger partial charge in [-0.05, 0) is 82.4 Å². The van der Waals surface area contributed by atoms with Crippen LogP contribution in [0.25, 0.3) is 5.57 Å². The minimum absolute atomic E-state index is 0.0710. The molecule has 0 N–H and O–H groups in total. The van der Waals surface area contributed by atoms with Crippen molar-refractivity contribution >= 4 is 17.6 Å². The first-order valence-corrected chi connectivity index (χ1v) is 13.3. The molecule has 2 amide bonds. The van der Waals surface area contributed by atoms with Crippen LogP contribution < -0.4 is 4.74 Å². The fourth-order valence-corrected chi connectivity index (χ4v) is 5.17. The first-order chi connectivity index (χ1) is 17.2. The number of piperidine rings is 1. The van der Waals surface area contributed by atoms with E-state index in [1.165, 1.54) is 5.57 Å². The Hall–Kier alpha value is -2.61. The SMILES string of the molecule is CO[C@H]1CCN(C(=O)C2CC=C(c3ccc(OCC4CCN(C(=O)OC(C)(C)C)CC4)nc3)CC2)C1. The highest BCUT2D eigenvalue weighted by Gasteiger charge is 2.32. The van der Waals surface area contributed by atoms with Crippen molar-refractivity contribution in [2.75, 3.05) is 39.9 Å². The van der Waals surface area contributed by atoms with E-state index in [0.717, 1.165) is 57.2 Å². The maximum atomic E-state index is 12.8. The number of aromatic nitrogens is 1. The number of ether oxygens (including phenoxy) is 3. The van der Waals surface area contributed by atoms with Gasteiger partial charge in [0.15, 0.2) is 0 Å². The molecule has 8 heteroatoms. The van der Waals surface area contributed by atoms with E-state index < -0.39 is 5.60 Å². The molecule has 3 heterocycles. The quantitative estimate of drug-likeness (QED) is 0.572. The molecule has 198 valence electrons. The Morgan fingerprint density at radius 2 is 1.81 bits per heavy atom. The fraction of sp³-hybridized carbons (Fsp3) is 0.679. The number of nitrogens with zero attached hydrogens (tertiary/aromatic N) is 3. The number of hydrogen-bond donors (Lipinski definition) is 0. The summed E-state index contributed by atoms with van der Waals surface area (Å²) in [6, 6.07) is 3.99. The van der Waals surface area contributed by atoms with E-state index in [0.29, 0.717) is 31.5 Å². The lowest BCUT2D eigenvalue weighted by Crippen LogP contribution is -2.42. The van der Waals surface area contributed by atoms with Gasteiger partial charge in [0.25, 0.3) is 0 Å². The maximum absolute atomic E-state index is 12.8. The number of allylic oxidation sites excluding steroid dienone is 2. The number of hydrogen-bond acceptors (Lipinski definition) is 6. The van der Waals surface area contributed by atoms with Gasteiger partial charge in [-0.1, -0.05) is 6.08 Å². The maximum Gasteiger partial charge on any atom is 0.410 e. The van der Waals surface area contributed by atoms with Crippen molar-refractivity contribution in [1.29, 1.82) is 0 Å². The minimum Gasteiger partial charge on any atom is -0.477 e. The Labute approximate surface area is 215 Å². The zero-order valence-electron chi connectivity index (χ0n) is 22.2. The summed E-state index contributed by atoms with van der Waals surface area (Å²) in [5, 5.41) is 0. The Morgan fingerprint density at radius 1 is 1.06 bits per heavy atom. The molecule has 0 radical (unpaired) electrons. The average molecular weight is 500 g/mol. The molecule has 0 spiro atoms. The van der Waals surface area contributed by atoms with Gasteiger partial charge < -0.3 is 24.0 Å². The first-order valence-electron chi connectivity index (χ1n) is 13.3. The van der Waals surface area contributed by atoms with Crippen molar-refractivity contribution in [2.45, 2.75) is 71.0 Å². The molecule has 2 fully saturated rings. The van der Waals surface area contributed by atoms with Gasteiger partial charge >= 0.3 is 6.09 Å². The number of likely N-dealkylation sites (tertiary alicyclic amines) is 2. The molecule has 36 heavy (non-hydrogen) atoms. The van der Waals surface area contributed by atoms with Crippen molar-refractivity contribution in [3.05, 3.63) is 30.0 Å². The van der Waals surface area contributed by atoms with Gasteiger partial charge in [-0.3, -0.25) is 4.79 Å². The molecule has 2 saturated heterocycles. The summed E-state index contributed by atoms with van der Waals surface area (Å²) < 4.78 is 16.8. The molecule has 2 atom stereocenters. The predicted octanol–water partition coefficient (Wildman–Crippen LogP) is 4.54. The fourth-order valence-electron chi connectivity index (χ4n) is 5.17. The van der Waals surface area contributed by atoms with E-state index in [4.69, 9.17) is 14.2 Å². The van der Waals surface area contributed by atoms with Crippen LogP contribution in [0.5, 0.6) is 5.88 Å². The van der Waals surface area contributed by atoms with Crippen molar-refractivity contribution in [3.8, 4) is 5.88 Å². The summed E-state index contributed by atoms with van der Waals surface area (Å²) in [6.07, 6.45) is 9.29. The number of pyridine rings is 1. The van der Waals surface area contributed by atoms with Crippen molar-refractivity contribution < 1.29 is 23.8 Å². The summed E-state index contributed by atoms with van der Waals surface area (Å²) in [5.41, 5.74) is 1.88. The predicted molar refractivity (Wildman–Crippen MR) is 138 cm³/mol. The molecule has 4 rings (SSSR count). The van der Waals surface area contributed by atoms with Gasteiger partial charge in [-0.25, -0.2) is 9.78 Å². The first kappa shape index (κ1) is 26.5. The second-order valence-corrected chi connectivity index (χ2v) is 11.2. The molecule has 0 bridgehead atoms. The lowest BCUT2D eigenvalue weighted by molar-refractivity contribution is -0.135. The van der Waals surface area contributed by atoms with Crippen LogP contribution in [-0.4, -0.2) is 78.4 Å². The van der Waals surface area contributed by atoms with E-state index in [-0.39, 0.29) is 24.0 Å². The van der Waals surface area contributed by atoms with Crippen molar-refractivity contribution in [3.63, 3.8) is 0 Å². The molecule has 1 aliphatic carbocycles. The van der Waals surface area contributed by atoms with Crippen LogP contribution in [0.1, 0.15) is 64.9 Å². The summed E-state index contributed by atoms with van der Waals surface area (Å²) in [7, 11) is 1.72. The van der Waals surface area contributed by atoms with Crippen LogP contribution in [0.15, 0.2) is 24.4 Å². The van der Waals surface area contributed by atoms with E-state index >= 15 is 0 Å². The van der Waals surface area contributed by atoms with Crippen LogP contribution in [-0.2, 0) is 14.3 Å². The van der Waals surface area contributed by atoms with Gasteiger partial charge in [0.1, 0.15) is 5.60 Å². The van der Waals surface area contributed by atoms with Crippen LogP contribution in [0.2, 0.25) is 0 Å². The summed E-state index contributed by atoms with van der Waals surface area (Å²) >= 11 is 0. The van der Waals surface area contributed by atoms with Crippen LogP contribution >= 0.6 is 0 Å². The molecule has 1 unspecified atom stereocenters. The molecule has 1 aromatic heterocycles. The highest BCUT2D eigenvalue weighted by molar-refractivity contribution is 5.81. The largest absolute Gasteiger partial charge is 0.477 e. The van der Waals surface area contributed by atoms with Gasteiger partial charge in [-0.15, -0.1) is 0 Å².